The van der Waals surface area contributed by atoms with E-state index in [9.17, 15) is 9.90 Å². The van der Waals surface area contributed by atoms with Gasteiger partial charge >= 0.3 is 13.1 Å². The molecule has 23 heavy (non-hydrogen) atoms. The topological polar surface area (TPSA) is 77.9 Å². The maximum Gasteiger partial charge on any atom is 0.492 e. The van der Waals surface area contributed by atoms with Gasteiger partial charge in [-0.1, -0.05) is 6.08 Å². The Kier molecular flexibility index (Phi) is 4.94. The summed E-state index contributed by atoms with van der Waals surface area (Å²) in [5.74, 6) is -0.468. The molecule has 0 aliphatic carbocycles. The summed E-state index contributed by atoms with van der Waals surface area (Å²) in [5.41, 5.74) is 0.405. The highest BCUT2D eigenvalue weighted by molar-refractivity contribution is 6.55. The lowest BCUT2D eigenvalue weighted by atomic mass is 9.77. The van der Waals surface area contributed by atoms with Crippen LogP contribution in [0.3, 0.4) is 0 Å². The first-order chi connectivity index (χ1) is 10.7. The summed E-state index contributed by atoms with van der Waals surface area (Å²) in [7, 11) is 0.632. The Morgan fingerprint density at radius 1 is 1.35 bits per heavy atom. The summed E-state index contributed by atoms with van der Waals surface area (Å²) in [5, 5.41) is 9.71. The normalized spacial score (nSPS) is 19.7. The van der Waals surface area contributed by atoms with Gasteiger partial charge in [0.05, 0.1) is 30.5 Å². The number of hydrogen-bond acceptors (Lipinski definition) is 6. The molecule has 1 fully saturated rings. The maximum absolute atomic E-state index is 11.8. The first-order valence-electron chi connectivity index (χ1n) is 7.41. The molecular weight excluding hydrogens is 297 g/mol. The number of hydrogen-bond donors (Lipinski definition) is 1. The number of aliphatic hydroxyl groups excluding tert-OH is 1. The molecule has 0 radical (unpaired) electrons. The highest BCUT2D eigenvalue weighted by Crippen LogP contribution is 2.38. The van der Waals surface area contributed by atoms with E-state index in [1.54, 1.807) is 12.1 Å². The Bertz CT molecular complexity index is 611. The summed E-state index contributed by atoms with van der Waals surface area (Å²) in [4.78, 5) is 15.8. The van der Waals surface area contributed by atoms with Crippen LogP contribution < -0.4 is 0 Å². The molecule has 6 nitrogen and oxygen atoms in total. The molecule has 0 spiro atoms. The minimum absolute atomic E-state index is 0.258. The average molecular weight is 319 g/mol. The van der Waals surface area contributed by atoms with Crippen molar-refractivity contribution in [1.29, 1.82) is 0 Å². The summed E-state index contributed by atoms with van der Waals surface area (Å²) in [6.45, 7) is 7.49. The maximum atomic E-state index is 11.8. The van der Waals surface area contributed by atoms with Gasteiger partial charge in [-0.05, 0) is 39.2 Å². The van der Waals surface area contributed by atoms with Gasteiger partial charge in [-0.15, -0.1) is 0 Å². The highest BCUT2D eigenvalue weighted by atomic mass is 16.7. The summed E-state index contributed by atoms with van der Waals surface area (Å²) in [6.07, 6.45) is 4.70. The van der Waals surface area contributed by atoms with Crippen LogP contribution in [-0.2, 0) is 14.0 Å². The predicted octanol–water partition coefficient (Wildman–Crippen LogP) is 1.88. The minimum atomic E-state index is -0.685. The van der Waals surface area contributed by atoms with E-state index in [0.29, 0.717) is 16.6 Å². The minimum Gasteiger partial charge on any atom is -0.465 e. The molecule has 1 aromatic heterocycles. The molecule has 0 bridgehead atoms. The summed E-state index contributed by atoms with van der Waals surface area (Å²) >= 11 is 0. The fraction of sp³-hybridized carbons (Fsp3) is 0.500. The van der Waals surface area contributed by atoms with Crippen molar-refractivity contribution >= 4 is 19.2 Å². The molecule has 0 unspecified atom stereocenters. The van der Waals surface area contributed by atoms with E-state index in [0.717, 1.165) is 0 Å². The molecule has 1 aliphatic heterocycles. The third kappa shape index (κ3) is 3.47. The van der Waals surface area contributed by atoms with Crippen LogP contribution in [0.2, 0.25) is 0 Å². The zero-order chi connectivity index (χ0) is 17.3. The molecule has 0 amide bonds. The van der Waals surface area contributed by atoms with Crippen molar-refractivity contribution in [3.05, 3.63) is 35.1 Å². The van der Waals surface area contributed by atoms with E-state index in [2.05, 4.69) is 4.98 Å². The fourth-order valence-electron chi connectivity index (χ4n) is 2.20. The van der Waals surface area contributed by atoms with E-state index < -0.39 is 24.3 Å². The van der Waals surface area contributed by atoms with Crippen LogP contribution in [0.25, 0.3) is 6.08 Å². The Morgan fingerprint density at radius 2 is 1.96 bits per heavy atom. The SMILES string of the molecule is COC(=O)c1ccncc1C=C(CO)B1OC(C)(C)C(C)(C)O1. The number of ether oxygens (including phenoxy) is 1. The average Bonchev–Trinajstić information content (AvgIpc) is 2.72. The van der Waals surface area contributed by atoms with E-state index in [1.807, 2.05) is 27.7 Å². The first-order valence-corrected chi connectivity index (χ1v) is 7.41. The van der Waals surface area contributed by atoms with Crippen molar-refractivity contribution in [2.75, 3.05) is 13.7 Å². The molecule has 1 N–H and O–H groups in total. The van der Waals surface area contributed by atoms with Crippen LogP contribution in [0.4, 0.5) is 0 Å². The number of nitrogens with zero attached hydrogens (tertiary/aromatic N) is 1. The number of carbonyl (C=O) groups excluding carboxylic acids is 1. The van der Waals surface area contributed by atoms with Crippen LogP contribution in [0.15, 0.2) is 23.9 Å². The zero-order valence-corrected chi connectivity index (χ0v) is 14.1. The second-order valence-corrected chi connectivity index (χ2v) is 6.42. The van der Waals surface area contributed by atoms with Gasteiger partial charge in [-0.25, -0.2) is 4.79 Å². The quantitative estimate of drug-likeness (QED) is 0.674. The van der Waals surface area contributed by atoms with Crippen molar-refractivity contribution in [2.45, 2.75) is 38.9 Å². The van der Waals surface area contributed by atoms with Crippen molar-refractivity contribution in [3.63, 3.8) is 0 Å². The molecular formula is C16H22BNO5. The van der Waals surface area contributed by atoms with E-state index in [-0.39, 0.29) is 6.61 Å². The Morgan fingerprint density at radius 3 is 2.48 bits per heavy atom. The molecule has 2 rings (SSSR count). The molecule has 1 saturated heterocycles. The highest BCUT2D eigenvalue weighted by Gasteiger charge is 2.52. The van der Waals surface area contributed by atoms with Crippen molar-refractivity contribution in [1.82, 2.24) is 4.98 Å². The number of aromatic nitrogens is 1. The van der Waals surface area contributed by atoms with Crippen molar-refractivity contribution in [2.24, 2.45) is 0 Å². The van der Waals surface area contributed by atoms with Crippen molar-refractivity contribution in [3.8, 4) is 0 Å². The van der Waals surface area contributed by atoms with Crippen LogP contribution in [0.1, 0.15) is 43.6 Å². The first kappa shape index (κ1) is 17.7. The number of esters is 1. The fourth-order valence-corrected chi connectivity index (χ4v) is 2.20. The third-order valence-electron chi connectivity index (χ3n) is 4.34. The number of aliphatic hydroxyl groups is 1. The second kappa shape index (κ2) is 6.43. The van der Waals surface area contributed by atoms with Crippen molar-refractivity contribution < 1.29 is 23.9 Å². The number of rotatable bonds is 4. The van der Waals surface area contributed by atoms with Gasteiger partial charge in [0.25, 0.3) is 0 Å². The molecule has 1 aliphatic rings. The van der Waals surface area contributed by atoms with Crippen LogP contribution in [0.5, 0.6) is 0 Å². The largest absolute Gasteiger partial charge is 0.492 e. The second-order valence-electron chi connectivity index (χ2n) is 6.42. The number of carbonyl (C=O) groups is 1. The summed E-state index contributed by atoms with van der Waals surface area (Å²) < 4.78 is 16.6. The van der Waals surface area contributed by atoms with Gasteiger partial charge in [-0.3, -0.25) is 4.98 Å². The number of methoxy groups -OCH3 is 1. The van der Waals surface area contributed by atoms with Crippen LogP contribution >= 0.6 is 0 Å². The summed E-state index contributed by atoms with van der Waals surface area (Å²) in [6, 6.07) is 1.57. The lowest BCUT2D eigenvalue weighted by Crippen LogP contribution is -2.41. The predicted molar refractivity (Wildman–Crippen MR) is 86.7 cm³/mol. The van der Waals surface area contributed by atoms with Gasteiger partial charge in [0.1, 0.15) is 0 Å². The van der Waals surface area contributed by atoms with Gasteiger partial charge in [0.15, 0.2) is 0 Å². The lowest BCUT2D eigenvalue weighted by molar-refractivity contribution is 0.00578. The Hall–Kier alpha value is -1.70. The number of pyridine rings is 1. The molecule has 124 valence electrons. The molecule has 7 heteroatoms. The Labute approximate surface area is 136 Å². The van der Waals surface area contributed by atoms with Crippen LogP contribution in [0, 0.1) is 0 Å². The van der Waals surface area contributed by atoms with E-state index >= 15 is 0 Å². The van der Waals surface area contributed by atoms with Gasteiger partial charge in [0.2, 0.25) is 0 Å². The van der Waals surface area contributed by atoms with E-state index in [4.69, 9.17) is 14.0 Å². The molecule has 2 heterocycles. The van der Waals surface area contributed by atoms with E-state index in [1.165, 1.54) is 19.5 Å². The van der Waals surface area contributed by atoms with Crippen LogP contribution in [-0.4, -0.2) is 48.1 Å². The lowest BCUT2D eigenvalue weighted by Gasteiger charge is -2.32. The molecule has 0 saturated carbocycles. The van der Waals surface area contributed by atoms with Gasteiger partial charge in [0, 0.05) is 18.0 Å². The third-order valence-corrected chi connectivity index (χ3v) is 4.34. The smallest absolute Gasteiger partial charge is 0.465 e. The molecule has 0 aromatic carbocycles. The monoisotopic (exact) mass is 319 g/mol. The van der Waals surface area contributed by atoms with Gasteiger partial charge in [-0.2, -0.15) is 0 Å². The van der Waals surface area contributed by atoms with Gasteiger partial charge < -0.3 is 19.2 Å². The molecule has 0 atom stereocenters. The zero-order valence-electron chi connectivity index (χ0n) is 14.1. The standard InChI is InChI=1S/C16H22BNO5/c1-15(2)16(3,4)23-17(22-15)12(10-19)8-11-9-18-7-6-13(11)14(20)21-5/h6-9,19H,10H2,1-5H3. The Balaban J connectivity index is 2.36. The molecule has 1 aromatic rings.